The van der Waals surface area contributed by atoms with Gasteiger partial charge in [0.05, 0.1) is 14.2 Å². The standard InChI is InChI=1S/C15H14O3/c1-17-12-8-7-10-9-5-3-4-6-11(9)14(16)13(10)15(12)18-2/h3-8,14,16H,1-2H3. The zero-order chi connectivity index (χ0) is 12.7. The normalized spacial score (nSPS) is 16.1. The van der Waals surface area contributed by atoms with Gasteiger partial charge in [-0.15, -0.1) is 0 Å². The van der Waals surface area contributed by atoms with Crippen LogP contribution in [-0.2, 0) is 0 Å². The van der Waals surface area contributed by atoms with E-state index in [4.69, 9.17) is 9.47 Å². The molecule has 0 heterocycles. The first-order valence-corrected chi connectivity index (χ1v) is 5.80. The first-order chi connectivity index (χ1) is 8.77. The van der Waals surface area contributed by atoms with Gasteiger partial charge in [-0.1, -0.05) is 30.3 Å². The van der Waals surface area contributed by atoms with E-state index >= 15 is 0 Å². The molecular formula is C15H14O3. The Morgan fingerprint density at radius 2 is 1.72 bits per heavy atom. The highest BCUT2D eigenvalue weighted by Crippen LogP contribution is 2.50. The van der Waals surface area contributed by atoms with Gasteiger partial charge in [-0.05, 0) is 22.8 Å². The first kappa shape index (κ1) is 11.1. The summed E-state index contributed by atoms with van der Waals surface area (Å²) in [5, 5.41) is 10.4. The molecule has 0 bridgehead atoms. The fraction of sp³-hybridized carbons (Fsp3) is 0.200. The number of rotatable bonds is 2. The Labute approximate surface area is 106 Å². The highest BCUT2D eigenvalue weighted by molar-refractivity contribution is 5.81. The molecule has 1 aliphatic rings. The third-order valence-corrected chi connectivity index (χ3v) is 3.40. The summed E-state index contributed by atoms with van der Waals surface area (Å²) in [7, 11) is 3.19. The van der Waals surface area contributed by atoms with Crippen molar-refractivity contribution in [3.05, 3.63) is 47.5 Å². The van der Waals surface area contributed by atoms with Crippen molar-refractivity contribution in [2.24, 2.45) is 0 Å². The van der Waals surface area contributed by atoms with E-state index in [2.05, 4.69) is 0 Å². The van der Waals surface area contributed by atoms with Gasteiger partial charge in [0.2, 0.25) is 0 Å². The highest BCUT2D eigenvalue weighted by atomic mass is 16.5. The number of fused-ring (bicyclic) bond motifs is 3. The monoisotopic (exact) mass is 242 g/mol. The molecule has 1 atom stereocenters. The molecule has 0 saturated carbocycles. The van der Waals surface area contributed by atoms with Crippen LogP contribution < -0.4 is 9.47 Å². The van der Waals surface area contributed by atoms with Crippen LogP contribution in [0, 0.1) is 0 Å². The van der Waals surface area contributed by atoms with Gasteiger partial charge in [0.1, 0.15) is 6.10 Å². The van der Waals surface area contributed by atoms with Gasteiger partial charge in [-0.2, -0.15) is 0 Å². The van der Waals surface area contributed by atoms with E-state index in [1.807, 2.05) is 36.4 Å². The largest absolute Gasteiger partial charge is 0.493 e. The van der Waals surface area contributed by atoms with Crippen LogP contribution in [0.3, 0.4) is 0 Å². The molecule has 0 aromatic heterocycles. The fourth-order valence-corrected chi connectivity index (χ4v) is 2.59. The lowest BCUT2D eigenvalue weighted by Gasteiger charge is -2.14. The average Bonchev–Trinajstić information content (AvgIpc) is 2.72. The molecule has 1 N–H and O–H groups in total. The fourth-order valence-electron chi connectivity index (χ4n) is 2.59. The van der Waals surface area contributed by atoms with E-state index in [-0.39, 0.29) is 0 Å². The number of hydrogen-bond donors (Lipinski definition) is 1. The second-order valence-electron chi connectivity index (χ2n) is 4.25. The van der Waals surface area contributed by atoms with Crippen molar-refractivity contribution in [2.75, 3.05) is 14.2 Å². The number of hydrogen-bond acceptors (Lipinski definition) is 3. The molecule has 0 saturated heterocycles. The average molecular weight is 242 g/mol. The molecule has 0 fully saturated rings. The van der Waals surface area contributed by atoms with Crippen molar-refractivity contribution < 1.29 is 14.6 Å². The van der Waals surface area contributed by atoms with Gasteiger partial charge in [0.15, 0.2) is 11.5 Å². The zero-order valence-electron chi connectivity index (χ0n) is 10.3. The maximum Gasteiger partial charge on any atom is 0.167 e. The van der Waals surface area contributed by atoms with E-state index in [0.29, 0.717) is 11.5 Å². The molecule has 3 heteroatoms. The maximum absolute atomic E-state index is 10.4. The Kier molecular flexibility index (Phi) is 2.49. The van der Waals surface area contributed by atoms with E-state index in [9.17, 15) is 5.11 Å². The van der Waals surface area contributed by atoms with Crippen LogP contribution >= 0.6 is 0 Å². The van der Waals surface area contributed by atoms with Gasteiger partial charge >= 0.3 is 0 Å². The SMILES string of the molecule is COc1ccc2c(c1OC)C(O)c1ccccc1-2. The summed E-state index contributed by atoms with van der Waals surface area (Å²) in [5.41, 5.74) is 3.77. The summed E-state index contributed by atoms with van der Waals surface area (Å²) in [6.07, 6.45) is -0.652. The van der Waals surface area contributed by atoms with Gasteiger partial charge in [-0.3, -0.25) is 0 Å². The minimum Gasteiger partial charge on any atom is -0.493 e. The highest BCUT2D eigenvalue weighted by Gasteiger charge is 2.31. The number of methoxy groups -OCH3 is 2. The van der Waals surface area contributed by atoms with E-state index in [1.54, 1.807) is 14.2 Å². The first-order valence-electron chi connectivity index (χ1n) is 5.80. The third kappa shape index (κ3) is 1.34. The number of benzene rings is 2. The molecule has 3 rings (SSSR count). The lowest BCUT2D eigenvalue weighted by Crippen LogP contribution is -1.99. The summed E-state index contributed by atoms with van der Waals surface area (Å²) < 4.78 is 10.7. The van der Waals surface area contributed by atoms with Crippen LogP contribution in [0.4, 0.5) is 0 Å². The number of aliphatic hydroxyl groups excluding tert-OH is 1. The van der Waals surface area contributed by atoms with Crippen LogP contribution in [0.1, 0.15) is 17.2 Å². The van der Waals surface area contributed by atoms with Gasteiger partial charge < -0.3 is 14.6 Å². The Morgan fingerprint density at radius 3 is 2.44 bits per heavy atom. The molecule has 0 radical (unpaired) electrons. The Morgan fingerprint density at radius 1 is 0.944 bits per heavy atom. The summed E-state index contributed by atoms with van der Waals surface area (Å²) >= 11 is 0. The quantitative estimate of drug-likeness (QED) is 0.880. The van der Waals surface area contributed by atoms with Gasteiger partial charge in [0.25, 0.3) is 0 Å². The molecule has 18 heavy (non-hydrogen) atoms. The molecule has 1 aliphatic carbocycles. The van der Waals surface area contributed by atoms with Crippen molar-refractivity contribution in [2.45, 2.75) is 6.10 Å². The maximum atomic E-state index is 10.4. The summed E-state index contributed by atoms with van der Waals surface area (Å²) in [4.78, 5) is 0. The molecule has 2 aromatic rings. The lowest BCUT2D eigenvalue weighted by molar-refractivity contribution is 0.218. The Balaban J connectivity index is 2.30. The van der Waals surface area contributed by atoms with E-state index < -0.39 is 6.10 Å². The molecule has 0 amide bonds. The Hall–Kier alpha value is -2.00. The molecular weight excluding hydrogens is 228 g/mol. The van der Waals surface area contributed by atoms with E-state index in [0.717, 1.165) is 22.3 Å². The molecule has 92 valence electrons. The van der Waals surface area contributed by atoms with Gasteiger partial charge in [0, 0.05) is 5.56 Å². The van der Waals surface area contributed by atoms with E-state index in [1.165, 1.54) is 0 Å². The van der Waals surface area contributed by atoms with Crippen LogP contribution in [0.15, 0.2) is 36.4 Å². The predicted octanol–water partition coefficient (Wildman–Crippen LogP) is 2.77. The second-order valence-corrected chi connectivity index (χ2v) is 4.25. The van der Waals surface area contributed by atoms with Crippen LogP contribution in [-0.4, -0.2) is 19.3 Å². The van der Waals surface area contributed by atoms with Crippen LogP contribution in [0.5, 0.6) is 11.5 Å². The molecule has 0 spiro atoms. The molecule has 1 unspecified atom stereocenters. The Bertz CT molecular complexity index is 605. The van der Waals surface area contributed by atoms with Crippen molar-refractivity contribution in [1.82, 2.24) is 0 Å². The predicted molar refractivity (Wildman–Crippen MR) is 69.0 cm³/mol. The number of ether oxygens (including phenoxy) is 2. The zero-order valence-corrected chi connectivity index (χ0v) is 10.3. The molecule has 0 aliphatic heterocycles. The van der Waals surface area contributed by atoms with Crippen molar-refractivity contribution >= 4 is 0 Å². The molecule has 3 nitrogen and oxygen atoms in total. The second kappa shape index (κ2) is 4.03. The minimum atomic E-state index is -0.652. The summed E-state index contributed by atoms with van der Waals surface area (Å²) in [6.45, 7) is 0. The number of aliphatic hydroxyl groups is 1. The summed E-state index contributed by atoms with van der Waals surface area (Å²) in [5.74, 6) is 1.25. The van der Waals surface area contributed by atoms with Crippen molar-refractivity contribution in [3.8, 4) is 22.6 Å². The topological polar surface area (TPSA) is 38.7 Å². The summed E-state index contributed by atoms with van der Waals surface area (Å²) in [6, 6.07) is 11.7. The van der Waals surface area contributed by atoms with Crippen LogP contribution in [0.2, 0.25) is 0 Å². The van der Waals surface area contributed by atoms with Crippen molar-refractivity contribution in [1.29, 1.82) is 0 Å². The molecule has 2 aromatic carbocycles. The minimum absolute atomic E-state index is 0.610. The third-order valence-electron chi connectivity index (χ3n) is 3.40. The smallest absolute Gasteiger partial charge is 0.167 e. The van der Waals surface area contributed by atoms with Crippen LogP contribution in [0.25, 0.3) is 11.1 Å². The van der Waals surface area contributed by atoms with Gasteiger partial charge in [-0.25, -0.2) is 0 Å². The van der Waals surface area contributed by atoms with Crippen molar-refractivity contribution in [3.63, 3.8) is 0 Å². The lowest BCUT2D eigenvalue weighted by atomic mass is 10.0.